The van der Waals surface area contributed by atoms with E-state index in [-0.39, 0.29) is 18.4 Å². The highest BCUT2D eigenvalue weighted by atomic mass is 16.5. The van der Waals surface area contributed by atoms with Crippen LogP contribution in [0.4, 0.5) is 11.4 Å². The van der Waals surface area contributed by atoms with Crippen molar-refractivity contribution in [3.05, 3.63) is 59.7 Å². The summed E-state index contributed by atoms with van der Waals surface area (Å²) in [6, 6.07) is 13.5. The standard InChI is InChI=1S/C21H25N3O4/c1-4-24(5-2)20(26)15-6-12-18(13-7-15)23-19(25)14-22-17-10-8-16(9-11-17)21(27)28-3/h6-13,22H,4-5,14H2,1-3H3,(H,23,25). The van der Waals surface area contributed by atoms with Crippen LogP contribution in [0.2, 0.25) is 0 Å². The molecule has 0 saturated carbocycles. The fraction of sp³-hybridized carbons (Fsp3) is 0.286. The van der Waals surface area contributed by atoms with Crippen LogP contribution in [-0.4, -0.2) is 49.4 Å². The number of carbonyl (C=O) groups is 3. The predicted molar refractivity (Wildman–Crippen MR) is 109 cm³/mol. The van der Waals surface area contributed by atoms with Gasteiger partial charge in [-0.2, -0.15) is 0 Å². The maximum Gasteiger partial charge on any atom is 0.337 e. The van der Waals surface area contributed by atoms with Gasteiger partial charge in [-0.1, -0.05) is 0 Å². The number of nitrogens with zero attached hydrogens (tertiary/aromatic N) is 1. The Morgan fingerprint density at radius 2 is 1.39 bits per heavy atom. The number of hydrogen-bond donors (Lipinski definition) is 2. The van der Waals surface area contributed by atoms with Gasteiger partial charge < -0.3 is 20.3 Å². The summed E-state index contributed by atoms with van der Waals surface area (Å²) in [6.45, 7) is 5.25. The lowest BCUT2D eigenvalue weighted by molar-refractivity contribution is -0.114. The Kier molecular flexibility index (Phi) is 7.56. The predicted octanol–water partition coefficient (Wildman–Crippen LogP) is 3.01. The topological polar surface area (TPSA) is 87.7 Å². The Morgan fingerprint density at radius 3 is 1.93 bits per heavy atom. The van der Waals surface area contributed by atoms with Gasteiger partial charge in [-0.3, -0.25) is 9.59 Å². The van der Waals surface area contributed by atoms with Crippen molar-refractivity contribution >= 4 is 29.2 Å². The molecule has 0 unspecified atom stereocenters. The molecule has 0 atom stereocenters. The Hall–Kier alpha value is -3.35. The van der Waals surface area contributed by atoms with E-state index in [1.165, 1.54) is 7.11 Å². The van der Waals surface area contributed by atoms with Gasteiger partial charge in [0.15, 0.2) is 0 Å². The van der Waals surface area contributed by atoms with E-state index in [0.717, 1.165) is 0 Å². The molecule has 0 radical (unpaired) electrons. The first-order valence-electron chi connectivity index (χ1n) is 9.09. The first-order valence-corrected chi connectivity index (χ1v) is 9.09. The molecule has 2 aromatic rings. The smallest absolute Gasteiger partial charge is 0.337 e. The zero-order valence-corrected chi connectivity index (χ0v) is 16.3. The van der Waals surface area contributed by atoms with Crippen molar-refractivity contribution in [2.45, 2.75) is 13.8 Å². The van der Waals surface area contributed by atoms with E-state index < -0.39 is 5.97 Å². The molecule has 7 heteroatoms. The molecule has 0 heterocycles. The van der Waals surface area contributed by atoms with Crippen molar-refractivity contribution in [3.8, 4) is 0 Å². The van der Waals surface area contributed by atoms with Crippen molar-refractivity contribution in [2.75, 3.05) is 37.4 Å². The third-order valence-electron chi connectivity index (χ3n) is 4.23. The Balaban J connectivity index is 1.87. The van der Waals surface area contributed by atoms with Gasteiger partial charge in [0, 0.05) is 30.0 Å². The van der Waals surface area contributed by atoms with Gasteiger partial charge >= 0.3 is 5.97 Å². The monoisotopic (exact) mass is 383 g/mol. The molecule has 0 aliphatic rings. The van der Waals surface area contributed by atoms with E-state index in [0.29, 0.717) is 35.6 Å². The lowest BCUT2D eigenvalue weighted by atomic mass is 10.1. The van der Waals surface area contributed by atoms with E-state index in [1.54, 1.807) is 53.4 Å². The Bertz CT molecular complexity index is 813. The zero-order chi connectivity index (χ0) is 20.5. The number of esters is 1. The first kappa shape index (κ1) is 21.0. The van der Waals surface area contributed by atoms with Crippen LogP contribution in [0.1, 0.15) is 34.6 Å². The molecule has 28 heavy (non-hydrogen) atoms. The normalized spacial score (nSPS) is 10.1. The number of benzene rings is 2. The van der Waals surface area contributed by atoms with Crippen LogP contribution in [-0.2, 0) is 9.53 Å². The summed E-state index contributed by atoms with van der Waals surface area (Å²) in [6.07, 6.45) is 0. The third-order valence-corrected chi connectivity index (χ3v) is 4.23. The average Bonchev–Trinajstić information content (AvgIpc) is 2.73. The van der Waals surface area contributed by atoms with Crippen LogP contribution in [0.15, 0.2) is 48.5 Å². The van der Waals surface area contributed by atoms with Crippen LogP contribution < -0.4 is 10.6 Å². The second-order valence-corrected chi connectivity index (χ2v) is 6.03. The molecule has 2 rings (SSSR count). The largest absolute Gasteiger partial charge is 0.465 e. The number of carbonyl (C=O) groups excluding carboxylic acids is 3. The van der Waals surface area contributed by atoms with Crippen LogP contribution in [0.25, 0.3) is 0 Å². The summed E-state index contributed by atoms with van der Waals surface area (Å²) >= 11 is 0. The molecule has 2 amide bonds. The number of ether oxygens (including phenoxy) is 1. The number of hydrogen-bond acceptors (Lipinski definition) is 5. The summed E-state index contributed by atoms with van der Waals surface area (Å²) < 4.78 is 4.64. The first-order chi connectivity index (χ1) is 13.5. The molecular formula is C21H25N3O4. The van der Waals surface area contributed by atoms with Crippen LogP contribution >= 0.6 is 0 Å². The molecule has 7 nitrogen and oxygen atoms in total. The SMILES string of the molecule is CCN(CC)C(=O)c1ccc(NC(=O)CNc2ccc(C(=O)OC)cc2)cc1. The van der Waals surface area contributed by atoms with E-state index in [1.807, 2.05) is 13.8 Å². The maximum atomic E-state index is 12.3. The second-order valence-electron chi connectivity index (χ2n) is 6.03. The summed E-state index contributed by atoms with van der Waals surface area (Å²) in [4.78, 5) is 37.5. The summed E-state index contributed by atoms with van der Waals surface area (Å²) in [5, 5.41) is 5.76. The quantitative estimate of drug-likeness (QED) is 0.684. The number of amides is 2. The van der Waals surface area contributed by atoms with Gasteiger partial charge in [-0.15, -0.1) is 0 Å². The minimum atomic E-state index is -0.410. The number of rotatable bonds is 8. The molecule has 0 aliphatic carbocycles. The molecule has 0 aromatic heterocycles. The highest BCUT2D eigenvalue weighted by molar-refractivity contribution is 5.96. The summed E-state index contributed by atoms with van der Waals surface area (Å²) in [7, 11) is 1.32. The lowest BCUT2D eigenvalue weighted by Crippen LogP contribution is -2.30. The number of anilines is 2. The lowest BCUT2D eigenvalue weighted by Gasteiger charge is -2.18. The molecule has 0 bridgehead atoms. The minimum absolute atomic E-state index is 0.0278. The summed E-state index contributed by atoms with van der Waals surface area (Å²) in [5.74, 6) is -0.660. The molecule has 148 valence electrons. The van der Waals surface area contributed by atoms with Crippen LogP contribution in [0.3, 0.4) is 0 Å². The molecule has 0 fully saturated rings. The van der Waals surface area contributed by atoms with Gasteiger partial charge in [0.25, 0.3) is 5.91 Å². The molecule has 2 N–H and O–H groups in total. The average molecular weight is 383 g/mol. The second kappa shape index (κ2) is 10.1. The van der Waals surface area contributed by atoms with E-state index in [2.05, 4.69) is 15.4 Å². The van der Waals surface area contributed by atoms with Crippen LogP contribution in [0.5, 0.6) is 0 Å². The highest BCUT2D eigenvalue weighted by Gasteiger charge is 2.12. The fourth-order valence-corrected chi connectivity index (χ4v) is 2.62. The Morgan fingerprint density at radius 1 is 0.857 bits per heavy atom. The van der Waals surface area contributed by atoms with E-state index in [9.17, 15) is 14.4 Å². The van der Waals surface area contributed by atoms with Crippen molar-refractivity contribution in [2.24, 2.45) is 0 Å². The van der Waals surface area contributed by atoms with Crippen molar-refractivity contribution in [1.82, 2.24) is 4.90 Å². The molecule has 0 saturated heterocycles. The third kappa shape index (κ3) is 5.57. The van der Waals surface area contributed by atoms with Gasteiger partial charge in [-0.25, -0.2) is 4.79 Å². The van der Waals surface area contributed by atoms with Crippen molar-refractivity contribution in [3.63, 3.8) is 0 Å². The number of methoxy groups -OCH3 is 1. The van der Waals surface area contributed by atoms with Crippen molar-refractivity contribution in [1.29, 1.82) is 0 Å². The fourth-order valence-electron chi connectivity index (χ4n) is 2.62. The van der Waals surface area contributed by atoms with E-state index in [4.69, 9.17) is 0 Å². The van der Waals surface area contributed by atoms with Crippen molar-refractivity contribution < 1.29 is 19.1 Å². The maximum absolute atomic E-state index is 12.3. The molecular weight excluding hydrogens is 358 g/mol. The molecule has 0 aliphatic heterocycles. The minimum Gasteiger partial charge on any atom is -0.465 e. The van der Waals surface area contributed by atoms with Gasteiger partial charge in [0.2, 0.25) is 5.91 Å². The highest BCUT2D eigenvalue weighted by Crippen LogP contribution is 2.13. The number of nitrogens with one attached hydrogen (secondary N) is 2. The zero-order valence-electron chi connectivity index (χ0n) is 16.3. The Labute approximate surface area is 164 Å². The van der Waals surface area contributed by atoms with Crippen LogP contribution in [0, 0.1) is 0 Å². The molecule has 0 spiro atoms. The summed E-state index contributed by atoms with van der Waals surface area (Å²) in [5.41, 5.74) is 2.36. The molecule has 2 aromatic carbocycles. The van der Waals surface area contributed by atoms with Gasteiger partial charge in [0.05, 0.1) is 19.2 Å². The van der Waals surface area contributed by atoms with Gasteiger partial charge in [-0.05, 0) is 62.4 Å². The van der Waals surface area contributed by atoms with Gasteiger partial charge in [0.1, 0.15) is 0 Å². The van der Waals surface area contributed by atoms with E-state index >= 15 is 0 Å².